The van der Waals surface area contributed by atoms with Gasteiger partial charge >= 0.3 is 11.9 Å². The summed E-state index contributed by atoms with van der Waals surface area (Å²) in [5.74, 6) is -2.20. The SMILES string of the molecule is CC(C)c1c(C(=O)O)ccnc1-c1cc(C(=O)O)ccn1. The van der Waals surface area contributed by atoms with Crippen molar-refractivity contribution in [2.75, 3.05) is 0 Å². The molecule has 0 bridgehead atoms. The average Bonchev–Trinajstić information content (AvgIpc) is 2.46. The third-order valence-corrected chi connectivity index (χ3v) is 3.05. The fourth-order valence-corrected chi connectivity index (χ4v) is 2.14. The molecule has 0 aliphatic rings. The lowest BCUT2D eigenvalue weighted by molar-refractivity contribution is 0.0685. The average molecular weight is 286 g/mol. The molecule has 0 unspecified atom stereocenters. The lowest BCUT2D eigenvalue weighted by Gasteiger charge is -2.14. The molecule has 0 atom stereocenters. The molecule has 2 aromatic rings. The van der Waals surface area contributed by atoms with E-state index in [1.807, 2.05) is 13.8 Å². The van der Waals surface area contributed by atoms with Gasteiger partial charge in [0, 0.05) is 12.4 Å². The summed E-state index contributed by atoms with van der Waals surface area (Å²) in [5, 5.41) is 18.3. The Morgan fingerprint density at radius 3 is 2.29 bits per heavy atom. The molecular formula is C15H14N2O4. The molecule has 0 aliphatic carbocycles. The summed E-state index contributed by atoms with van der Waals surface area (Å²) >= 11 is 0. The number of pyridine rings is 2. The van der Waals surface area contributed by atoms with E-state index in [0.29, 0.717) is 17.0 Å². The van der Waals surface area contributed by atoms with Crippen molar-refractivity contribution in [2.24, 2.45) is 0 Å². The highest BCUT2D eigenvalue weighted by atomic mass is 16.4. The molecule has 0 aliphatic heterocycles. The van der Waals surface area contributed by atoms with Crippen LogP contribution in [0.4, 0.5) is 0 Å². The highest BCUT2D eigenvalue weighted by Gasteiger charge is 2.20. The zero-order valence-electron chi connectivity index (χ0n) is 11.6. The molecule has 6 heteroatoms. The first kappa shape index (κ1) is 14.6. The maximum absolute atomic E-state index is 11.3. The van der Waals surface area contributed by atoms with Crippen LogP contribution in [0.15, 0.2) is 30.6 Å². The van der Waals surface area contributed by atoms with Gasteiger partial charge in [-0.25, -0.2) is 9.59 Å². The molecule has 0 radical (unpaired) electrons. The summed E-state index contributed by atoms with van der Waals surface area (Å²) in [5.41, 5.74) is 1.52. The second-order valence-electron chi connectivity index (χ2n) is 4.82. The molecule has 0 saturated heterocycles. The third-order valence-electron chi connectivity index (χ3n) is 3.05. The van der Waals surface area contributed by atoms with Crippen LogP contribution in [-0.4, -0.2) is 32.1 Å². The summed E-state index contributed by atoms with van der Waals surface area (Å²) in [7, 11) is 0. The van der Waals surface area contributed by atoms with Crippen molar-refractivity contribution in [1.82, 2.24) is 9.97 Å². The molecule has 0 fully saturated rings. The number of hydrogen-bond donors (Lipinski definition) is 2. The topological polar surface area (TPSA) is 100 Å². The van der Waals surface area contributed by atoms with Gasteiger partial charge in [-0.1, -0.05) is 13.8 Å². The standard InChI is InChI=1S/C15H14N2O4/c1-8(2)12-10(15(20)21)4-6-17-13(12)11-7-9(14(18)19)3-5-16-11/h3-8H,1-2H3,(H,18,19)(H,20,21). The number of carbonyl (C=O) groups is 2. The molecule has 0 saturated carbocycles. The maximum Gasteiger partial charge on any atom is 0.336 e. The summed E-state index contributed by atoms with van der Waals surface area (Å²) in [6.45, 7) is 3.71. The molecule has 0 amide bonds. The van der Waals surface area contributed by atoms with E-state index in [9.17, 15) is 14.7 Å². The highest BCUT2D eigenvalue weighted by Crippen LogP contribution is 2.29. The van der Waals surface area contributed by atoms with Crippen LogP contribution in [0.1, 0.15) is 46.0 Å². The Hall–Kier alpha value is -2.76. The van der Waals surface area contributed by atoms with Gasteiger partial charge in [-0.15, -0.1) is 0 Å². The van der Waals surface area contributed by atoms with Crippen molar-refractivity contribution < 1.29 is 19.8 Å². The highest BCUT2D eigenvalue weighted by molar-refractivity contribution is 5.92. The normalized spacial score (nSPS) is 10.6. The fourth-order valence-electron chi connectivity index (χ4n) is 2.14. The van der Waals surface area contributed by atoms with Gasteiger partial charge in [0.15, 0.2) is 0 Å². The van der Waals surface area contributed by atoms with E-state index in [2.05, 4.69) is 9.97 Å². The number of carboxylic acids is 2. The monoisotopic (exact) mass is 286 g/mol. The first-order chi connectivity index (χ1) is 9.91. The molecule has 2 rings (SSSR count). The zero-order valence-corrected chi connectivity index (χ0v) is 11.6. The second-order valence-corrected chi connectivity index (χ2v) is 4.82. The van der Waals surface area contributed by atoms with Gasteiger partial charge in [0.2, 0.25) is 0 Å². The van der Waals surface area contributed by atoms with Crippen LogP contribution in [0.3, 0.4) is 0 Å². The Labute approximate surface area is 121 Å². The summed E-state index contributed by atoms with van der Waals surface area (Å²) in [4.78, 5) is 30.7. The van der Waals surface area contributed by atoms with Crippen LogP contribution < -0.4 is 0 Å². The first-order valence-electron chi connectivity index (χ1n) is 6.33. The molecule has 0 aromatic carbocycles. The molecule has 108 valence electrons. The van der Waals surface area contributed by atoms with Gasteiger partial charge in [-0.05, 0) is 29.7 Å². The number of carboxylic acid groups (broad SMARTS) is 2. The Bertz CT molecular complexity index is 711. The minimum absolute atomic E-state index is 0.0808. The molecule has 2 N–H and O–H groups in total. The van der Waals surface area contributed by atoms with E-state index in [1.54, 1.807) is 0 Å². The van der Waals surface area contributed by atoms with Crippen LogP contribution in [0.5, 0.6) is 0 Å². The number of nitrogens with zero attached hydrogens (tertiary/aromatic N) is 2. The van der Waals surface area contributed by atoms with Gasteiger partial charge in [-0.3, -0.25) is 9.97 Å². The van der Waals surface area contributed by atoms with E-state index in [-0.39, 0.29) is 17.0 Å². The third kappa shape index (κ3) is 2.89. The molecular weight excluding hydrogens is 272 g/mol. The van der Waals surface area contributed by atoms with E-state index in [1.165, 1.54) is 30.6 Å². The molecule has 0 spiro atoms. The fraction of sp³-hybridized carbons (Fsp3) is 0.200. The Balaban J connectivity index is 2.69. The van der Waals surface area contributed by atoms with Crippen molar-refractivity contribution >= 4 is 11.9 Å². The minimum atomic E-state index is -1.07. The van der Waals surface area contributed by atoms with Crippen molar-refractivity contribution in [3.05, 3.63) is 47.3 Å². The van der Waals surface area contributed by atoms with E-state index >= 15 is 0 Å². The van der Waals surface area contributed by atoms with Crippen LogP contribution in [0.2, 0.25) is 0 Å². The number of rotatable bonds is 4. The Kier molecular flexibility index (Phi) is 3.98. The zero-order chi connectivity index (χ0) is 15.6. The summed E-state index contributed by atoms with van der Waals surface area (Å²) in [6, 6.07) is 4.20. The van der Waals surface area contributed by atoms with Crippen LogP contribution in [-0.2, 0) is 0 Å². The molecule has 2 aromatic heterocycles. The predicted molar refractivity (Wildman–Crippen MR) is 75.5 cm³/mol. The molecule has 2 heterocycles. The van der Waals surface area contributed by atoms with Crippen LogP contribution in [0, 0.1) is 0 Å². The predicted octanol–water partition coefficient (Wildman–Crippen LogP) is 2.66. The van der Waals surface area contributed by atoms with E-state index in [0.717, 1.165) is 0 Å². The molecule has 6 nitrogen and oxygen atoms in total. The number of hydrogen-bond acceptors (Lipinski definition) is 4. The van der Waals surface area contributed by atoms with Crippen molar-refractivity contribution in [3.63, 3.8) is 0 Å². The largest absolute Gasteiger partial charge is 0.478 e. The van der Waals surface area contributed by atoms with Crippen molar-refractivity contribution in [1.29, 1.82) is 0 Å². The quantitative estimate of drug-likeness (QED) is 0.896. The first-order valence-corrected chi connectivity index (χ1v) is 6.33. The summed E-state index contributed by atoms with van der Waals surface area (Å²) in [6.07, 6.45) is 2.76. The van der Waals surface area contributed by atoms with Crippen molar-refractivity contribution in [2.45, 2.75) is 19.8 Å². The van der Waals surface area contributed by atoms with Crippen molar-refractivity contribution in [3.8, 4) is 11.4 Å². The van der Waals surface area contributed by atoms with Crippen LogP contribution in [0.25, 0.3) is 11.4 Å². The minimum Gasteiger partial charge on any atom is -0.478 e. The van der Waals surface area contributed by atoms with Gasteiger partial charge in [0.1, 0.15) is 0 Å². The summed E-state index contributed by atoms with van der Waals surface area (Å²) < 4.78 is 0. The maximum atomic E-state index is 11.3. The Morgan fingerprint density at radius 2 is 1.71 bits per heavy atom. The Morgan fingerprint density at radius 1 is 1.05 bits per heavy atom. The second kappa shape index (κ2) is 5.70. The molecule has 21 heavy (non-hydrogen) atoms. The van der Waals surface area contributed by atoms with Gasteiger partial charge < -0.3 is 10.2 Å². The number of aromatic carboxylic acids is 2. The number of aromatic nitrogens is 2. The van der Waals surface area contributed by atoms with Gasteiger partial charge in [0.05, 0.1) is 22.5 Å². The lowest BCUT2D eigenvalue weighted by Crippen LogP contribution is -2.08. The van der Waals surface area contributed by atoms with Gasteiger partial charge in [-0.2, -0.15) is 0 Å². The van der Waals surface area contributed by atoms with Gasteiger partial charge in [0.25, 0.3) is 0 Å². The smallest absolute Gasteiger partial charge is 0.336 e. The lowest BCUT2D eigenvalue weighted by atomic mass is 9.94. The van der Waals surface area contributed by atoms with Crippen LogP contribution >= 0.6 is 0 Å². The van der Waals surface area contributed by atoms with E-state index < -0.39 is 11.9 Å². The van der Waals surface area contributed by atoms with E-state index in [4.69, 9.17) is 5.11 Å².